The Morgan fingerprint density at radius 1 is 1.08 bits per heavy atom. The SMILES string of the molecule is COc1ccccc1NC(=O)CC(=O)NCCc1cccc(Cl)c1. The average Bonchev–Trinajstić information content (AvgIpc) is 2.55. The van der Waals surface area contributed by atoms with Crippen LogP contribution in [0.2, 0.25) is 5.02 Å². The molecule has 126 valence electrons. The first-order valence-electron chi connectivity index (χ1n) is 7.52. The first kappa shape index (κ1) is 17.8. The van der Waals surface area contributed by atoms with Crippen LogP contribution in [0.1, 0.15) is 12.0 Å². The van der Waals surface area contributed by atoms with Crippen molar-refractivity contribution in [1.29, 1.82) is 0 Å². The highest BCUT2D eigenvalue weighted by molar-refractivity contribution is 6.30. The number of hydrogen-bond donors (Lipinski definition) is 2. The summed E-state index contributed by atoms with van der Waals surface area (Å²) in [5, 5.41) is 6.05. The Bertz CT molecular complexity index is 719. The number of halogens is 1. The molecule has 6 heteroatoms. The van der Waals surface area contributed by atoms with E-state index in [1.54, 1.807) is 30.3 Å². The summed E-state index contributed by atoms with van der Waals surface area (Å²) in [5.74, 6) is -0.170. The van der Waals surface area contributed by atoms with Gasteiger partial charge in [0, 0.05) is 11.6 Å². The fourth-order valence-corrected chi connectivity index (χ4v) is 2.40. The van der Waals surface area contributed by atoms with Crippen LogP contribution in [-0.2, 0) is 16.0 Å². The van der Waals surface area contributed by atoms with Crippen molar-refractivity contribution >= 4 is 29.1 Å². The van der Waals surface area contributed by atoms with Gasteiger partial charge in [0.15, 0.2) is 0 Å². The molecule has 0 aromatic heterocycles. The quantitative estimate of drug-likeness (QED) is 0.757. The monoisotopic (exact) mass is 346 g/mol. The van der Waals surface area contributed by atoms with Gasteiger partial charge < -0.3 is 15.4 Å². The average molecular weight is 347 g/mol. The number of anilines is 1. The molecule has 0 radical (unpaired) electrons. The molecular formula is C18H19ClN2O3. The number of para-hydroxylation sites is 2. The van der Waals surface area contributed by atoms with E-state index in [1.165, 1.54) is 7.11 Å². The van der Waals surface area contributed by atoms with E-state index in [4.69, 9.17) is 16.3 Å². The summed E-state index contributed by atoms with van der Waals surface area (Å²) >= 11 is 5.91. The number of nitrogens with one attached hydrogen (secondary N) is 2. The summed E-state index contributed by atoms with van der Waals surface area (Å²) in [7, 11) is 1.52. The predicted molar refractivity (Wildman–Crippen MR) is 94.4 cm³/mol. The first-order chi connectivity index (χ1) is 11.6. The number of ether oxygens (including phenoxy) is 1. The van der Waals surface area contributed by atoms with Gasteiger partial charge in [0.2, 0.25) is 11.8 Å². The second-order valence-electron chi connectivity index (χ2n) is 5.16. The molecule has 2 N–H and O–H groups in total. The maximum absolute atomic E-state index is 11.9. The van der Waals surface area contributed by atoms with Crippen molar-refractivity contribution in [3.63, 3.8) is 0 Å². The minimum absolute atomic E-state index is 0.242. The standard InChI is InChI=1S/C18H19ClN2O3/c1-24-16-8-3-2-7-15(16)21-18(23)12-17(22)20-10-9-13-5-4-6-14(19)11-13/h2-8,11H,9-10,12H2,1H3,(H,20,22)(H,21,23). The van der Waals surface area contributed by atoms with Crippen LogP contribution in [0.25, 0.3) is 0 Å². The van der Waals surface area contributed by atoms with Gasteiger partial charge in [-0.05, 0) is 36.2 Å². The van der Waals surface area contributed by atoms with Gasteiger partial charge in [-0.25, -0.2) is 0 Å². The lowest BCUT2D eigenvalue weighted by molar-refractivity contribution is -0.126. The zero-order chi connectivity index (χ0) is 17.4. The van der Waals surface area contributed by atoms with Gasteiger partial charge in [-0.2, -0.15) is 0 Å². The predicted octanol–water partition coefficient (Wildman–Crippen LogP) is 3.04. The third kappa shape index (κ3) is 5.59. The van der Waals surface area contributed by atoms with Crippen molar-refractivity contribution in [2.75, 3.05) is 19.0 Å². The van der Waals surface area contributed by atoms with Crippen molar-refractivity contribution in [3.05, 3.63) is 59.1 Å². The molecule has 2 rings (SSSR count). The van der Waals surface area contributed by atoms with Crippen LogP contribution in [0.4, 0.5) is 5.69 Å². The highest BCUT2D eigenvalue weighted by atomic mass is 35.5. The highest BCUT2D eigenvalue weighted by Gasteiger charge is 2.11. The van der Waals surface area contributed by atoms with Gasteiger partial charge in [0.25, 0.3) is 0 Å². The van der Waals surface area contributed by atoms with E-state index in [-0.39, 0.29) is 18.2 Å². The van der Waals surface area contributed by atoms with Gasteiger partial charge in [0.1, 0.15) is 12.2 Å². The van der Waals surface area contributed by atoms with Crippen molar-refractivity contribution < 1.29 is 14.3 Å². The topological polar surface area (TPSA) is 67.4 Å². The van der Waals surface area contributed by atoms with Gasteiger partial charge >= 0.3 is 0 Å². The third-order valence-electron chi connectivity index (χ3n) is 3.33. The largest absolute Gasteiger partial charge is 0.495 e. The van der Waals surface area contributed by atoms with Crippen LogP contribution in [0.3, 0.4) is 0 Å². The smallest absolute Gasteiger partial charge is 0.233 e. The molecule has 5 nitrogen and oxygen atoms in total. The molecule has 0 aliphatic rings. The minimum atomic E-state index is -0.389. The molecular weight excluding hydrogens is 328 g/mol. The maximum Gasteiger partial charge on any atom is 0.233 e. The maximum atomic E-state index is 11.9. The number of carbonyl (C=O) groups excluding carboxylic acids is 2. The number of amides is 2. The van der Waals surface area contributed by atoms with Crippen LogP contribution in [0.15, 0.2) is 48.5 Å². The summed E-state index contributed by atoms with van der Waals surface area (Å²) < 4.78 is 5.15. The van der Waals surface area contributed by atoms with Crippen LogP contribution in [0, 0.1) is 0 Å². The lowest BCUT2D eigenvalue weighted by Gasteiger charge is -2.10. The Morgan fingerprint density at radius 3 is 2.62 bits per heavy atom. The molecule has 0 aliphatic carbocycles. The third-order valence-corrected chi connectivity index (χ3v) is 3.56. The van der Waals surface area contributed by atoms with E-state index < -0.39 is 0 Å². The molecule has 24 heavy (non-hydrogen) atoms. The molecule has 0 saturated heterocycles. The zero-order valence-corrected chi connectivity index (χ0v) is 14.1. The zero-order valence-electron chi connectivity index (χ0n) is 13.3. The first-order valence-corrected chi connectivity index (χ1v) is 7.90. The molecule has 2 aromatic carbocycles. The van der Waals surface area contributed by atoms with Crippen LogP contribution >= 0.6 is 11.6 Å². The van der Waals surface area contributed by atoms with E-state index in [2.05, 4.69) is 10.6 Å². The Kier molecular flexibility index (Phi) is 6.63. The van der Waals surface area contributed by atoms with Crippen molar-refractivity contribution in [1.82, 2.24) is 5.32 Å². The summed E-state index contributed by atoms with van der Waals surface area (Å²) in [4.78, 5) is 23.7. The number of methoxy groups -OCH3 is 1. The molecule has 0 aliphatic heterocycles. The van der Waals surface area contributed by atoms with Gasteiger partial charge in [-0.3, -0.25) is 9.59 Å². The number of hydrogen-bond acceptors (Lipinski definition) is 3. The van der Waals surface area contributed by atoms with Gasteiger partial charge in [0.05, 0.1) is 12.8 Å². The van der Waals surface area contributed by atoms with Crippen molar-refractivity contribution in [2.24, 2.45) is 0 Å². The van der Waals surface area contributed by atoms with E-state index in [0.717, 1.165) is 5.56 Å². The molecule has 0 heterocycles. The Hall–Kier alpha value is -2.53. The van der Waals surface area contributed by atoms with Crippen LogP contribution < -0.4 is 15.4 Å². The fourth-order valence-electron chi connectivity index (χ4n) is 2.19. The normalized spacial score (nSPS) is 10.1. The second kappa shape index (κ2) is 8.93. The summed E-state index contributed by atoms with van der Waals surface area (Å²) in [6, 6.07) is 14.5. The fraction of sp³-hybridized carbons (Fsp3) is 0.222. The summed E-state index contributed by atoms with van der Waals surface area (Å²) in [5.41, 5.74) is 1.57. The van der Waals surface area contributed by atoms with Crippen LogP contribution in [-0.4, -0.2) is 25.5 Å². The molecule has 2 amide bonds. The van der Waals surface area contributed by atoms with Gasteiger partial charge in [-0.15, -0.1) is 0 Å². The van der Waals surface area contributed by atoms with Crippen LogP contribution in [0.5, 0.6) is 5.75 Å². The molecule has 0 spiro atoms. The highest BCUT2D eigenvalue weighted by Crippen LogP contribution is 2.22. The van der Waals surface area contributed by atoms with E-state index in [9.17, 15) is 9.59 Å². The van der Waals surface area contributed by atoms with Crippen molar-refractivity contribution in [3.8, 4) is 5.75 Å². The van der Waals surface area contributed by atoms with E-state index in [1.807, 2.05) is 18.2 Å². The number of benzene rings is 2. The molecule has 0 fully saturated rings. The number of rotatable bonds is 7. The Morgan fingerprint density at radius 2 is 1.88 bits per heavy atom. The lowest BCUT2D eigenvalue weighted by Crippen LogP contribution is -2.29. The summed E-state index contributed by atoms with van der Waals surface area (Å²) in [6.45, 7) is 0.446. The lowest BCUT2D eigenvalue weighted by atomic mass is 10.1. The molecule has 2 aromatic rings. The van der Waals surface area contributed by atoms with Crippen molar-refractivity contribution in [2.45, 2.75) is 12.8 Å². The Labute approximate surface area is 146 Å². The number of carbonyl (C=O) groups is 2. The van der Waals surface area contributed by atoms with Gasteiger partial charge in [-0.1, -0.05) is 35.9 Å². The van der Waals surface area contributed by atoms with E-state index >= 15 is 0 Å². The molecule has 0 bridgehead atoms. The Balaban J connectivity index is 1.76. The minimum Gasteiger partial charge on any atom is -0.495 e. The molecule has 0 saturated carbocycles. The molecule has 0 unspecified atom stereocenters. The van der Waals surface area contributed by atoms with E-state index in [0.29, 0.717) is 29.4 Å². The molecule has 0 atom stereocenters. The summed E-state index contributed by atoms with van der Waals surface area (Å²) in [6.07, 6.45) is 0.411. The second-order valence-corrected chi connectivity index (χ2v) is 5.59.